The molecule has 5 rings (SSSR count). The van der Waals surface area contributed by atoms with Gasteiger partial charge in [0.2, 0.25) is 17.7 Å². The Morgan fingerprint density at radius 1 is 0.741 bits per heavy atom. The van der Waals surface area contributed by atoms with E-state index in [1.165, 1.54) is 0 Å². The molecular weight excluding hydrogens is 682 g/mol. The molecule has 1 aliphatic carbocycles. The lowest BCUT2D eigenvalue weighted by Gasteiger charge is -2.38. The van der Waals surface area contributed by atoms with E-state index in [-0.39, 0.29) is 59.2 Å². The second-order valence-corrected chi connectivity index (χ2v) is 18.6. The SMILES string of the molecule is CC(C)(C)CCC(=O)Nc1cccc(-c2cccc3c2C(NC(=O)CCC(C)(C)C)C(N(CC2COc4ccccc4O2)C(=O)CCC(C)(C)C)C3)c1F. The highest BCUT2D eigenvalue weighted by Gasteiger charge is 2.42. The molecule has 3 atom stereocenters. The Morgan fingerprint density at radius 3 is 2.00 bits per heavy atom. The van der Waals surface area contributed by atoms with Gasteiger partial charge < -0.3 is 25.0 Å². The van der Waals surface area contributed by atoms with Crippen molar-refractivity contribution in [3.63, 3.8) is 0 Å². The van der Waals surface area contributed by atoms with Crippen LogP contribution in [0.4, 0.5) is 10.1 Å². The molecular formula is C45H60FN3O5. The van der Waals surface area contributed by atoms with Crippen LogP contribution in [0, 0.1) is 22.1 Å². The fourth-order valence-electron chi connectivity index (χ4n) is 7.08. The highest BCUT2D eigenvalue weighted by Crippen LogP contribution is 2.43. The second-order valence-electron chi connectivity index (χ2n) is 18.6. The Balaban J connectivity index is 1.53. The van der Waals surface area contributed by atoms with E-state index < -0.39 is 24.0 Å². The van der Waals surface area contributed by atoms with Crippen molar-refractivity contribution in [1.29, 1.82) is 0 Å². The summed E-state index contributed by atoms with van der Waals surface area (Å²) in [5.41, 5.74) is 2.60. The summed E-state index contributed by atoms with van der Waals surface area (Å²) >= 11 is 0. The number of amides is 3. The van der Waals surface area contributed by atoms with Crippen LogP contribution in [0.5, 0.6) is 11.5 Å². The monoisotopic (exact) mass is 741 g/mol. The molecule has 0 radical (unpaired) electrons. The standard InChI is InChI=1S/C45H60FN3O5/c1-43(2,3)23-20-37(50)47-33-17-13-16-32(41(33)46)31-15-12-14-29-26-34(42(40(29)31)48-38(51)21-24-44(4,5)6)49(39(52)22-25-45(7,8)9)27-30-28-53-35-18-10-11-19-36(35)54-30/h10-19,30,34,42H,20-28H2,1-9H3,(H,47,50)(H,48,51). The molecule has 54 heavy (non-hydrogen) atoms. The van der Waals surface area contributed by atoms with E-state index in [0.717, 1.165) is 11.1 Å². The third kappa shape index (κ3) is 10.9. The molecule has 0 spiro atoms. The minimum absolute atomic E-state index is 0.0339. The minimum atomic E-state index is -0.622. The first-order valence-corrected chi connectivity index (χ1v) is 19.5. The van der Waals surface area contributed by atoms with Gasteiger partial charge in [-0.25, -0.2) is 4.39 Å². The van der Waals surface area contributed by atoms with Crippen molar-refractivity contribution in [2.75, 3.05) is 18.5 Å². The van der Waals surface area contributed by atoms with E-state index in [1.54, 1.807) is 18.2 Å². The first kappa shape index (κ1) is 40.8. The van der Waals surface area contributed by atoms with E-state index in [1.807, 2.05) is 47.4 Å². The highest BCUT2D eigenvalue weighted by molar-refractivity contribution is 5.92. The van der Waals surface area contributed by atoms with Crippen molar-refractivity contribution in [1.82, 2.24) is 10.2 Å². The number of nitrogens with zero attached hydrogens (tertiary/aromatic N) is 1. The maximum Gasteiger partial charge on any atom is 0.224 e. The van der Waals surface area contributed by atoms with Gasteiger partial charge >= 0.3 is 0 Å². The van der Waals surface area contributed by atoms with Crippen molar-refractivity contribution in [3.05, 3.63) is 77.6 Å². The van der Waals surface area contributed by atoms with Crippen LogP contribution in [-0.2, 0) is 20.8 Å². The molecule has 3 aromatic rings. The molecule has 3 unspecified atom stereocenters. The molecule has 0 bridgehead atoms. The molecule has 2 aliphatic rings. The Hall–Kier alpha value is -4.40. The van der Waals surface area contributed by atoms with Gasteiger partial charge in [-0.05, 0) is 76.8 Å². The number of ether oxygens (including phenoxy) is 2. The molecule has 3 aromatic carbocycles. The summed E-state index contributed by atoms with van der Waals surface area (Å²) in [5.74, 6) is 0.338. The normalized spacial score (nSPS) is 18.1. The van der Waals surface area contributed by atoms with Gasteiger partial charge in [0, 0.05) is 24.8 Å². The summed E-state index contributed by atoms with van der Waals surface area (Å²) in [6, 6.07) is 17.2. The molecule has 1 heterocycles. The maximum atomic E-state index is 16.5. The van der Waals surface area contributed by atoms with Crippen LogP contribution in [0.2, 0.25) is 0 Å². The number of hydrogen-bond donors (Lipinski definition) is 2. The van der Waals surface area contributed by atoms with Crippen LogP contribution >= 0.6 is 0 Å². The lowest BCUT2D eigenvalue weighted by atomic mass is 9.89. The summed E-state index contributed by atoms with van der Waals surface area (Å²) in [4.78, 5) is 43.0. The van der Waals surface area contributed by atoms with Crippen LogP contribution in [-0.4, -0.2) is 47.9 Å². The first-order valence-electron chi connectivity index (χ1n) is 19.5. The smallest absolute Gasteiger partial charge is 0.224 e. The Bertz CT molecular complexity index is 1820. The number of halogens is 1. The topological polar surface area (TPSA) is 97.0 Å². The molecule has 292 valence electrons. The summed E-state index contributed by atoms with van der Waals surface area (Å²) < 4.78 is 29.0. The zero-order valence-corrected chi connectivity index (χ0v) is 33.7. The molecule has 9 heteroatoms. The highest BCUT2D eigenvalue weighted by atomic mass is 19.1. The lowest BCUT2D eigenvalue weighted by Crippen LogP contribution is -2.52. The number of carbonyl (C=O) groups is 3. The van der Waals surface area contributed by atoms with E-state index in [9.17, 15) is 14.4 Å². The Morgan fingerprint density at radius 2 is 1.33 bits per heavy atom. The van der Waals surface area contributed by atoms with Gasteiger partial charge in [0.05, 0.1) is 24.3 Å². The number of rotatable bonds is 12. The third-order valence-electron chi connectivity index (χ3n) is 10.2. The summed E-state index contributed by atoms with van der Waals surface area (Å²) in [6.07, 6.45) is 2.96. The average molecular weight is 742 g/mol. The minimum Gasteiger partial charge on any atom is -0.486 e. The second kappa shape index (κ2) is 16.5. The molecule has 2 N–H and O–H groups in total. The molecule has 0 aromatic heterocycles. The fraction of sp³-hybridized carbons (Fsp3) is 0.533. The van der Waals surface area contributed by atoms with Crippen LogP contribution in [0.15, 0.2) is 60.7 Å². The van der Waals surface area contributed by atoms with Gasteiger partial charge in [-0.1, -0.05) is 105 Å². The van der Waals surface area contributed by atoms with Crippen LogP contribution in [0.25, 0.3) is 11.1 Å². The molecule has 8 nitrogen and oxygen atoms in total. The number of anilines is 1. The zero-order valence-electron chi connectivity index (χ0n) is 33.7. The molecule has 0 saturated heterocycles. The van der Waals surface area contributed by atoms with E-state index in [0.29, 0.717) is 61.2 Å². The molecule has 0 fully saturated rings. The summed E-state index contributed by atoms with van der Waals surface area (Å²) in [7, 11) is 0. The zero-order chi connectivity index (χ0) is 39.4. The fourth-order valence-corrected chi connectivity index (χ4v) is 7.08. The van der Waals surface area contributed by atoms with E-state index in [4.69, 9.17) is 9.47 Å². The average Bonchev–Trinajstić information content (AvgIpc) is 3.45. The number of para-hydroxylation sites is 2. The van der Waals surface area contributed by atoms with E-state index in [2.05, 4.69) is 72.9 Å². The number of benzene rings is 3. The predicted octanol–water partition coefficient (Wildman–Crippen LogP) is 9.66. The van der Waals surface area contributed by atoms with Crippen LogP contribution in [0.3, 0.4) is 0 Å². The van der Waals surface area contributed by atoms with Gasteiger partial charge in [-0.2, -0.15) is 0 Å². The predicted molar refractivity (Wildman–Crippen MR) is 213 cm³/mol. The van der Waals surface area contributed by atoms with Crippen molar-refractivity contribution < 1.29 is 28.2 Å². The Kier molecular flexibility index (Phi) is 12.5. The summed E-state index contributed by atoms with van der Waals surface area (Å²) in [6.45, 7) is 19.4. The largest absolute Gasteiger partial charge is 0.486 e. The van der Waals surface area contributed by atoms with Gasteiger partial charge in [-0.15, -0.1) is 0 Å². The van der Waals surface area contributed by atoms with Gasteiger partial charge in [0.25, 0.3) is 0 Å². The third-order valence-corrected chi connectivity index (χ3v) is 10.2. The number of fused-ring (bicyclic) bond motifs is 2. The van der Waals surface area contributed by atoms with Crippen molar-refractivity contribution in [3.8, 4) is 22.6 Å². The number of carbonyl (C=O) groups excluding carboxylic acids is 3. The molecule has 1 aliphatic heterocycles. The van der Waals surface area contributed by atoms with Crippen molar-refractivity contribution in [2.45, 2.75) is 125 Å². The Labute approximate surface area is 321 Å². The number of hydrogen-bond acceptors (Lipinski definition) is 5. The molecule has 0 saturated carbocycles. The van der Waals surface area contributed by atoms with Crippen molar-refractivity contribution >= 4 is 23.4 Å². The van der Waals surface area contributed by atoms with E-state index >= 15 is 4.39 Å². The summed E-state index contributed by atoms with van der Waals surface area (Å²) in [5, 5.41) is 6.12. The number of nitrogens with one attached hydrogen (secondary N) is 2. The van der Waals surface area contributed by atoms with Crippen LogP contribution in [0.1, 0.15) is 118 Å². The molecule has 3 amide bonds. The van der Waals surface area contributed by atoms with Crippen LogP contribution < -0.4 is 20.1 Å². The maximum absolute atomic E-state index is 16.5. The van der Waals surface area contributed by atoms with Crippen molar-refractivity contribution in [2.24, 2.45) is 16.2 Å². The van der Waals surface area contributed by atoms with Gasteiger partial charge in [-0.3, -0.25) is 14.4 Å². The lowest BCUT2D eigenvalue weighted by molar-refractivity contribution is -0.137. The first-order chi connectivity index (χ1) is 25.3. The quantitative estimate of drug-likeness (QED) is 0.193. The van der Waals surface area contributed by atoms with Gasteiger partial charge in [0.1, 0.15) is 6.61 Å². The van der Waals surface area contributed by atoms with Gasteiger partial charge in [0.15, 0.2) is 23.4 Å².